The molecule has 1 amide bonds. The summed E-state index contributed by atoms with van der Waals surface area (Å²) in [6, 6.07) is 0. The average Bonchev–Trinajstić information content (AvgIpc) is 2.32. The SMILES string of the molecule is CC(C)(C)C(CCN)CCC(=O)N1CCS(=O)(=O)CC1. The number of hydrogen-bond donors (Lipinski definition) is 1. The van der Waals surface area contributed by atoms with E-state index in [0.29, 0.717) is 32.0 Å². The van der Waals surface area contributed by atoms with Crippen molar-refractivity contribution in [1.29, 1.82) is 0 Å². The summed E-state index contributed by atoms with van der Waals surface area (Å²) < 4.78 is 22.7. The first-order chi connectivity index (χ1) is 9.15. The molecule has 1 heterocycles. The normalized spacial score (nSPS) is 20.7. The standard InChI is InChI=1S/C14H28N2O3S/c1-14(2,3)12(6-7-15)4-5-13(17)16-8-10-20(18,19)11-9-16/h12H,4-11,15H2,1-3H3. The molecule has 0 aromatic rings. The molecular formula is C14H28N2O3S. The Bertz CT molecular complexity index is 412. The first-order valence-electron chi connectivity index (χ1n) is 7.34. The van der Waals surface area contributed by atoms with Crippen LogP contribution >= 0.6 is 0 Å². The maximum absolute atomic E-state index is 12.1. The number of nitrogens with zero attached hydrogens (tertiary/aromatic N) is 1. The van der Waals surface area contributed by atoms with Gasteiger partial charge in [-0.1, -0.05) is 20.8 Å². The van der Waals surface area contributed by atoms with Crippen molar-refractivity contribution in [1.82, 2.24) is 4.90 Å². The van der Waals surface area contributed by atoms with Gasteiger partial charge in [0.05, 0.1) is 11.5 Å². The summed E-state index contributed by atoms with van der Waals surface area (Å²) in [5, 5.41) is 0. The van der Waals surface area contributed by atoms with Crippen molar-refractivity contribution in [3.8, 4) is 0 Å². The van der Waals surface area contributed by atoms with Crippen LogP contribution in [-0.4, -0.2) is 50.4 Å². The van der Waals surface area contributed by atoms with Crippen LogP contribution in [0, 0.1) is 11.3 Å². The molecule has 0 bridgehead atoms. The molecule has 1 unspecified atom stereocenters. The molecule has 1 aliphatic rings. The maximum Gasteiger partial charge on any atom is 0.222 e. The smallest absolute Gasteiger partial charge is 0.222 e. The van der Waals surface area contributed by atoms with Crippen LogP contribution in [0.1, 0.15) is 40.0 Å². The van der Waals surface area contributed by atoms with Gasteiger partial charge in [0.1, 0.15) is 0 Å². The Morgan fingerprint density at radius 3 is 2.20 bits per heavy atom. The van der Waals surface area contributed by atoms with Gasteiger partial charge in [-0.3, -0.25) is 4.79 Å². The lowest BCUT2D eigenvalue weighted by Crippen LogP contribution is -2.43. The van der Waals surface area contributed by atoms with Gasteiger partial charge in [0.2, 0.25) is 5.91 Å². The van der Waals surface area contributed by atoms with Crippen LogP contribution in [-0.2, 0) is 14.6 Å². The molecule has 5 nitrogen and oxygen atoms in total. The number of sulfone groups is 1. The number of carbonyl (C=O) groups excluding carboxylic acids is 1. The number of carbonyl (C=O) groups is 1. The molecule has 118 valence electrons. The number of amides is 1. The van der Waals surface area contributed by atoms with Gasteiger partial charge in [-0.05, 0) is 30.7 Å². The summed E-state index contributed by atoms with van der Waals surface area (Å²) in [6.07, 6.45) is 2.23. The molecule has 0 aromatic heterocycles. The second-order valence-electron chi connectivity index (χ2n) is 6.71. The van der Waals surface area contributed by atoms with Crippen molar-refractivity contribution in [3.05, 3.63) is 0 Å². The zero-order chi connectivity index (χ0) is 15.4. The van der Waals surface area contributed by atoms with Crippen molar-refractivity contribution < 1.29 is 13.2 Å². The summed E-state index contributed by atoms with van der Waals surface area (Å²) in [4.78, 5) is 13.8. The molecule has 0 radical (unpaired) electrons. The summed E-state index contributed by atoms with van der Waals surface area (Å²) in [6.45, 7) is 7.84. The average molecular weight is 304 g/mol. The van der Waals surface area contributed by atoms with E-state index in [1.807, 2.05) is 0 Å². The second kappa shape index (κ2) is 6.89. The van der Waals surface area contributed by atoms with Gasteiger partial charge in [-0.25, -0.2) is 8.42 Å². The first kappa shape index (κ1) is 17.4. The molecule has 6 heteroatoms. The minimum absolute atomic E-state index is 0.0752. The van der Waals surface area contributed by atoms with Crippen LogP contribution < -0.4 is 5.73 Å². The topological polar surface area (TPSA) is 80.5 Å². The van der Waals surface area contributed by atoms with Gasteiger partial charge in [0.15, 0.2) is 9.84 Å². The Morgan fingerprint density at radius 2 is 1.75 bits per heavy atom. The van der Waals surface area contributed by atoms with Crippen LogP contribution in [0.5, 0.6) is 0 Å². The maximum atomic E-state index is 12.1. The quantitative estimate of drug-likeness (QED) is 0.823. The Labute approximate surface area is 122 Å². The molecule has 1 aliphatic heterocycles. The fourth-order valence-electron chi connectivity index (χ4n) is 2.63. The lowest BCUT2D eigenvalue weighted by Gasteiger charge is -2.32. The van der Waals surface area contributed by atoms with Crippen molar-refractivity contribution in [2.75, 3.05) is 31.1 Å². The molecule has 0 spiro atoms. The number of nitrogens with two attached hydrogens (primary N) is 1. The van der Waals surface area contributed by atoms with E-state index < -0.39 is 9.84 Å². The van der Waals surface area contributed by atoms with Crippen LogP contribution in [0.25, 0.3) is 0 Å². The molecule has 0 saturated carbocycles. The second-order valence-corrected chi connectivity index (χ2v) is 9.02. The highest BCUT2D eigenvalue weighted by Gasteiger charge is 2.28. The van der Waals surface area contributed by atoms with E-state index in [2.05, 4.69) is 20.8 Å². The van der Waals surface area contributed by atoms with E-state index in [1.165, 1.54) is 0 Å². The van der Waals surface area contributed by atoms with Crippen LogP contribution in [0.3, 0.4) is 0 Å². The zero-order valence-electron chi connectivity index (χ0n) is 12.9. The highest BCUT2D eigenvalue weighted by atomic mass is 32.2. The molecule has 1 atom stereocenters. The predicted molar refractivity (Wildman–Crippen MR) is 81.1 cm³/mol. The third-order valence-corrected chi connectivity index (χ3v) is 5.75. The van der Waals surface area contributed by atoms with Gasteiger partial charge < -0.3 is 10.6 Å². The summed E-state index contributed by atoms with van der Waals surface area (Å²) in [7, 11) is -2.92. The molecule has 0 aromatic carbocycles. The molecule has 2 N–H and O–H groups in total. The molecule has 20 heavy (non-hydrogen) atoms. The van der Waals surface area contributed by atoms with Crippen molar-refractivity contribution in [2.24, 2.45) is 17.1 Å². The van der Waals surface area contributed by atoms with Crippen LogP contribution in [0.15, 0.2) is 0 Å². The molecule has 1 rings (SSSR count). The molecular weight excluding hydrogens is 276 g/mol. The summed E-state index contributed by atoms with van der Waals surface area (Å²) >= 11 is 0. The molecule has 1 saturated heterocycles. The fourth-order valence-corrected chi connectivity index (χ4v) is 3.83. The summed E-state index contributed by atoms with van der Waals surface area (Å²) in [5.74, 6) is 0.699. The Balaban J connectivity index is 2.46. The largest absolute Gasteiger partial charge is 0.341 e. The highest BCUT2D eigenvalue weighted by Crippen LogP contribution is 2.32. The van der Waals surface area contributed by atoms with Crippen molar-refractivity contribution in [2.45, 2.75) is 40.0 Å². The fraction of sp³-hybridized carbons (Fsp3) is 0.929. The first-order valence-corrected chi connectivity index (χ1v) is 9.16. The third kappa shape index (κ3) is 5.40. The monoisotopic (exact) mass is 304 g/mol. The van der Waals surface area contributed by atoms with E-state index in [-0.39, 0.29) is 22.8 Å². The number of rotatable bonds is 5. The van der Waals surface area contributed by atoms with E-state index in [4.69, 9.17) is 5.73 Å². The van der Waals surface area contributed by atoms with E-state index in [0.717, 1.165) is 12.8 Å². The van der Waals surface area contributed by atoms with E-state index >= 15 is 0 Å². The van der Waals surface area contributed by atoms with Gasteiger partial charge in [0.25, 0.3) is 0 Å². The lowest BCUT2D eigenvalue weighted by molar-refractivity contribution is -0.131. The Hall–Kier alpha value is -0.620. The Morgan fingerprint density at radius 1 is 1.20 bits per heavy atom. The zero-order valence-corrected chi connectivity index (χ0v) is 13.7. The van der Waals surface area contributed by atoms with Crippen LogP contribution in [0.2, 0.25) is 0 Å². The van der Waals surface area contributed by atoms with E-state index in [1.54, 1.807) is 4.90 Å². The lowest BCUT2D eigenvalue weighted by atomic mass is 9.76. The Kier molecular flexibility index (Phi) is 6.01. The van der Waals surface area contributed by atoms with Crippen molar-refractivity contribution in [3.63, 3.8) is 0 Å². The minimum atomic E-state index is -2.92. The van der Waals surface area contributed by atoms with Gasteiger partial charge >= 0.3 is 0 Å². The van der Waals surface area contributed by atoms with Gasteiger partial charge in [-0.15, -0.1) is 0 Å². The minimum Gasteiger partial charge on any atom is -0.341 e. The molecule has 1 fully saturated rings. The van der Waals surface area contributed by atoms with Gasteiger partial charge in [0, 0.05) is 19.5 Å². The number of hydrogen-bond acceptors (Lipinski definition) is 4. The third-order valence-electron chi connectivity index (χ3n) is 4.14. The highest BCUT2D eigenvalue weighted by molar-refractivity contribution is 7.91. The predicted octanol–water partition coefficient (Wildman–Crippen LogP) is 1.03. The molecule has 0 aliphatic carbocycles. The summed E-state index contributed by atoms with van der Waals surface area (Å²) in [5.41, 5.74) is 5.79. The van der Waals surface area contributed by atoms with Gasteiger partial charge in [-0.2, -0.15) is 0 Å². The van der Waals surface area contributed by atoms with Crippen LogP contribution in [0.4, 0.5) is 0 Å². The van der Waals surface area contributed by atoms with E-state index in [9.17, 15) is 13.2 Å². The van der Waals surface area contributed by atoms with Crippen molar-refractivity contribution >= 4 is 15.7 Å².